The Balaban J connectivity index is 1.77. The fourth-order valence-corrected chi connectivity index (χ4v) is 4.20. The van der Waals surface area contributed by atoms with Gasteiger partial charge in [-0.05, 0) is 43.3 Å². The summed E-state index contributed by atoms with van der Waals surface area (Å²) in [6.45, 7) is 2.70. The van der Waals surface area contributed by atoms with Crippen LogP contribution in [-0.2, 0) is 16.6 Å². The topological polar surface area (TPSA) is 75.7 Å². The van der Waals surface area contributed by atoms with Crippen molar-refractivity contribution < 1.29 is 17.9 Å². The Morgan fingerprint density at radius 2 is 1.67 bits per heavy atom. The largest absolute Gasteiger partial charge is 0.494 e. The van der Waals surface area contributed by atoms with Crippen molar-refractivity contribution in [1.29, 1.82) is 0 Å². The Labute approximate surface area is 177 Å². The molecule has 0 aromatic heterocycles. The van der Waals surface area contributed by atoms with Crippen LogP contribution in [0.25, 0.3) is 0 Å². The molecule has 0 fully saturated rings. The third kappa shape index (κ3) is 4.80. The standard InChI is InChI=1S/C23H24N2O4S/c1-3-29-22-15-8-7-10-19(22)17-24-23(26)18-11-9-14-21(16-18)30(27,28)25(2)20-12-5-4-6-13-20/h4-16H,3,17H2,1-2H3,(H,24,26). The van der Waals surface area contributed by atoms with Gasteiger partial charge in [0.05, 0.1) is 17.2 Å². The van der Waals surface area contributed by atoms with Gasteiger partial charge in [0, 0.05) is 24.7 Å². The zero-order valence-electron chi connectivity index (χ0n) is 16.9. The van der Waals surface area contributed by atoms with Crippen molar-refractivity contribution in [3.05, 3.63) is 90.0 Å². The molecule has 0 bridgehead atoms. The SMILES string of the molecule is CCOc1ccccc1CNC(=O)c1cccc(S(=O)(=O)N(C)c2ccccc2)c1. The number of hydrogen-bond acceptors (Lipinski definition) is 4. The summed E-state index contributed by atoms with van der Waals surface area (Å²) < 4.78 is 32.7. The quantitative estimate of drug-likeness (QED) is 0.596. The zero-order valence-corrected chi connectivity index (χ0v) is 17.7. The molecule has 0 radical (unpaired) electrons. The molecule has 0 saturated heterocycles. The van der Waals surface area contributed by atoms with Gasteiger partial charge in [0.15, 0.2) is 0 Å². The lowest BCUT2D eigenvalue weighted by atomic mass is 10.1. The van der Waals surface area contributed by atoms with Crippen molar-refractivity contribution in [3.63, 3.8) is 0 Å². The average Bonchev–Trinajstić information content (AvgIpc) is 2.78. The monoisotopic (exact) mass is 424 g/mol. The van der Waals surface area contributed by atoms with E-state index in [0.29, 0.717) is 18.0 Å². The molecule has 0 aliphatic carbocycles. The van der Waals surface area contributed by atoms with Gasteiger partial charge in [-0.15, -0.1) is 0 Å². The summed E-state index contributed by atoms with van der Waals surface area (Å²) in [6.07, 6.45) is 0. The molecular weight excluding hydrogens is 400 g/mol. The number of nitrogens with one attached hydrogen (secondary N) is 1. The van der Waals surface area contributed by atoms with Crippen molar-refractivity contribution in [3.8, 4) is 5.75 Å². The molecule has 0 heterocycles. The van der Waals surface area contributed by atoms with E-state index in [-0.39, 0.29) is 22.9 Å². The first-order chi connectivity index (χ1) is 14.4. The number of ether oxygens (including phenoxy) is 1. The lowest BCUT2D eigenvalue weighted by molar-refractivity contribution is 0.0950. The van der Waals surface area contributed by atoms with Crippen LogP contribution in [0, 0.1) is 0 Å². The van der Waals surface area contributed by atoms with Crippen LogP contribution in [0.2, 0.25) is 0 Å². The van der Waals surface area contributed by atoms with Crippen LogP contribution in [0.1, 0.15) is 22.8 Å². The molecule has 1 amide bonds. The first kappa shape index (κ1) is 21.4. The molecule has 3 rings (SSSR count). The highest BCUT2D eigenvalue weighted by Gasteiger charge is 2.22. The van der Waals surface area contributed by atoms with E-state index < -0.39 is 10.0 Å². The van der Waals surface area contributed by atoms with E-state index >= 15 is 0 Å². The summed E-state index contributed by atoms with van der Waals surface area (Å²) in [4.78, 5) is 12.7. The van der Waals surface area contributed by atoms with E-state index in [1.165, 1.54) is 23.5 Å². The van der Waals surface area contributed by atoms with Gasteiger partial charge in [-0.3, -0.25) is 9.10 Å². The summed E-state index contributed by atoms with van der Waals surface area (Å²) in [5.74, 6) is 0.349. The second kappa shape index (κ2) is 9.45. The molecule has 0 spiro atoms. The van der Waals surface area contributed by atoms with Crippen molar-refractivity contribution in [1.82, 2.24) is 5.32 Å². The highest BCUT2D eigenvalue weighted by Crippen LogP contribution is 2.22. The van der Waals surface area contributed by atoms with E-state index in [1.54, 1.807) is 36.4 Å². The van der Waals surface area contributed by atoms with Crippen LogP contribution in [0.3, 0.4) is 0 Å². The number of para-hydroxylation sites is 2. The van der Waals surface area contributed by atoms with Crippen LogP contribution in [-0.4, -0.2) is 28.0 Å². The molecule has 0 aliphatic rings. The second-order valence-corrected chi connectivity index (χ2v) is 8.53. The van der Waals surface area contributed by atoms with Crippen molar-refractivity contribution in [2.45, 2.75) is 18.4 Å². The van der Waals surface area contributed by atoms with Gasteiger partial charge < -0.3 is 10.1 Å². The smallest absolute Gasteiger partial charge is 0.264 e. The Hall–Kier alpha value is -3.32. The second-order valence-electron chi connectivity index (χ2n) is 6.56. The highest BCUT2D eigenvalue weighted by atomic mass is 32.2. The normalized spacial score (nSPS) is 11.0. The van der Waals surface area contributed by atoms with Crippen LogP contribution in [0.15, 0.2) is 83.8 Å². The Kier molecular flexibility index (Phi) is 6.74. The van der Waals surface area contributed by atoms with E-state index in [1.807, 2.05) is 37.3 Å². The molecule has 3 aromatic carbocycles. The number of nitrogens with zero attached hydrogens (tertiary/aromatic N) is 1. The summed E-state index contributed by atoms with van der Waals surface area (Å²) in [5, 5.41) is 2.83. The number of rotatable bonds is 8. The predicted molar refractivity (Wildman–Crippen MR) is 117 cm³/mol. The Morgan fingerprint density at radius 1 is 0.967 bits per heavy atom. The summed E-state index contributed by atoms with van der Waals surface area (Å²) in [6, 6.07) is 22.3. The Morgan fingerprint density at radius 3 is 2.40 bits per heavy atom. The van der Waals surface area contributed by atoms with Crippen molar-refractivity contribution in [2.24, 2.45) is 0 Å². The number of carbonyl (C=O) groups is 1. The minimum absolute atomic E-state index is 0.0521. The average molecular weight is 425 g/mol. The van der Waals surface area contributed by atoms with Gasteiger partial charge in [-0.1, -0.05) is 42.5 Å². The van der Waals surface area contributed by atoms with E-state index in [4.69, 9.17) is 4.74 Å². The molecule has 0 aliphatic heterocycles. The molecule has 156 valence electrons. The summed E-state index contributed by atoms with van der Waals surface area (Å²) in [5.41, 5.74) is 1.66. The van der Waals surface area contributed by atoms with E-state index in [2.05, 4.69) is 5.32 Å². The van der Waals surface area contributed by atoms with Gasteiger partial charge >= 0.3 is 0 Å². The number of sulfonamides is 1. The van der Waals surface area contributed by atoms with Crippen LogP contribution < -0.4 is 14.4 Å². The lowest BCUT2D eigenvalue weighted by Crippen LogP contribution is -2.27. The van der Waals surface area contributed by atoms with Crippen LogP contribution >= 0.6 is 0 Å². The van der Waals surface area contributed by atoms with Crippen LogP contribution in [0.5, 0.6) is 5.75 Å². The van der Waals surface area contributed by atoms with Gasteiger partial charge in [0.2, 0.25) is 0 Å². The molecule has 30 heavy (non-hydrogen) atoms. The third-order valence-corrected chi connectivity index (χ3v) is 6.37. The highest BCUT2D eigenvalue weighted by molar-refractivity contribution is 7.92. The van der Waals surface area contributed by atoms with Crippen molar-refractivity contribution >= 4 is 21.6 Å². The predicted octanol–water partition coefficient (Wildman–Crippen LogP) is 3.84. The number of carbonyl (C=O) groups excluding carboxylic acids is 1. The molecular formula is C23H24N2O4S. The van der Waals surface area contributed by atoms with Gasteiger partial charge in [-0.2, -0.15) is 0 Å². The first-order valence-electron chi connectivity index (χ1n) is 9.56. The fraction of sp³-hybridized carbons (Fsp3) is 0.174. The van der Waals surface area contributed by atoms with Crippen LogP contribution in [0.4, 0.5) is 5.69 Å². The van der Waals surface area contributed by atoms with E-state index in [9.17, 15) is 13.2 Å². The minimum Gasteiger partial charge on any atom is -0.494 e. The number of amides is 1. The fourth-order valence-electron chi connectivity index (χ4n) is 2.96. The number of benzene rings is 3. The van der Waals surface area contributed by atoms with Gasteiger partial charge in [0.1, 0.15) is 5.75 Å². The molecule has 3 aromatic rings. The van der Waals surface area contributed by atoms with E-state index in [0.717, 1.165) is 5.56 Å². The molecule has 7 heteroatoms. The number of anilines is 1. The maximum Gasteiger partial charge on any atom is 0.264 e. The van der Waals surface area contributed by atoms with Gasteiger partial charge in [0.25, 0.3) is 15.9 Å². The molecule has 6 nitrogen and oxygen atoms in total. The maximum absolute atomic E-state index is 13.0. The Bertz CT molecular complexity index is 1110. The first-order valence-corrected chi connectivity index (χ1v) is 11.0. The van der Waals surface area contributed by atoms with Crippen molar-refractivity contribution in [2.75, 3.05) is 18.0 Å². The molecule has 1 N–H and O–H groups in total. The lowest BCUT2D eigenvalue weighted by Gasteiger charge is -2.19. The molecule has 0 atom stereocenters. The zero-order chi connectivity index (χ0) is 21.6. The molecule has 0 unspecified atom stereocenters. The third-order valence-electron chi connectivity index (χ3n) is 4.59. The summed E-state index contributed by atoms with van der Waals surface area (Å²) in [7, 11) is -2.31. The van der Waals surface area contributed by atoms with Gasteiger partial charge in [-0.25, -0.2) is 8.42 Å². The summed E-state index contributed by atoms with van der Waals surface area (Å²) >= 11 is 0. The minimum atomic E-state index is -3.80. The maximum atomic E-state index is 13.0. The molecule has 0 saturated carbocycles. The number of hydrogen-bond donors (Lipinski definition) is 1.